The Labute approximate surface area is 133 Å². The fourth-order valence-electron chi connectivity index (χ4n) is 2.45. The molecular formula is C19H16O4. The molecule has 0 amide bonds. The van der Waals surface area contributed by atoms with E-state index in [1.54, 1.807) is 18.2 Å². The third-order valence-corrected chi connectivity index (χ3v) is 3.83. The minimum Gasteiger partial charge on any atom is -0.478 e. The molecule has 1 N–H and O–H groups in total. The number of carboxylic acid groups (broad SMARTS) is 1. The second-order valence-corrected chi connectivity index (χ2v) is 5.77. The Morgan fingerprint density at radius 2 is 1.74 bits per heavy atom. The standard InChI is InChI=1S/C19H16O4/c1-11(2)14-7-8-17-15(9-14)16(20)10-18(23-17)12-3-5-13(6-4-12)19(21)22/h3-11H,1-2H3,(H,21,22). The molecule has 0 spiro atoms. The van der Waals surface area contributed by atoms with Crippen molar-refractivity contribution in [2.45, 2.75) is 19.8 Å². The van der Waals surface area contributed by atoms with Gasteiger partial charge in [0.1, 0.15) is 11.3 Å². The highest BCUT2D eigenvalue weighted by Gasteiger charge is 2.10. The van der Waals surface area contributed by atoms with E-state index in [0.717, 1.165) is 5.56 Å². The van der Waals surface area contributed by atoms with Crippen molar-refractivity contribution >= 4 is 16.9 Å². The van der Waals surface area contributed by atoms with E-state index >= 15 is 0 Å². The van der Waals surface area contributed by atoms with Crippen LogP contribution in [0.5, 0.6) is 0 Å². The quantitative estimate of drug-likeness (QED) is 0.784. The molecule has 0 unspecified atom stereocenters. The van der Waals surface area contributed by atoms with Gasteiger partial charge in [-0.1, -0.05) is 32.0 Å². The number of hydrogen-bond donors (Lipinski definition) is 1. The number of benzene rings is 2. The monoisotopic (exact) mass is 308 g/mol. The minimum absolute atomic E-state index is 0.105. The van der Waals surface area contributed by atoms with E-state index in [1.807, 2.05) is 12.1 Å². The van der Waals surface area contributed by atoms with Crippen LogP contribution in [0.4, 0.5) is 0 Å². The minimum atomic E-state index is -0.988. The van der Waals surface area contributed by atoms with Crippen LogP contribution in [0.1, 0.15) is 35.7 Å². The van der Waals surface area contributed by atoms with Crippen molar-refractivity contribution in [1.82, 2.24) is 0 Å². The maximum absolute atomic E-state index is 12.4. The highest BCUT2D eigenvalue weighted by atomic mass is 16.4. The van der Waals surface area contributed by atoms with Crippen molar-refractivity contribution in [3.63, 3.8) is 0 Å². The molecule has 23 heavy (non-hydrogen) atoms. The number of fused-ring (bicyclic) bond motifs is 1. The summed E-state index contributed by atoms with van der Waals surface area (Å²) in [4.78, 5) is 23.3. The van der Waals surface area contributed by atoms with Crippen LogP contribution in [-0.2, 0) is 0 Å². The molecule has 0 saturated carbocycles. The Morgan fingerprint density at radius 3 is 2.35 bits per heavy atom. The second-order valence-electron chi connectivity index (χ2n) is 5.77. The SMILES string of the molecule is CC(C)c1ccc2oc(-c3ccc(C(=O)O)cc3)cc(=O)c2c1. The van der Waals surface area contributed by atoms with Gasteiger partial charge in [0.2, 0.25) is 0 Å². The summed E-state index contributed by atoms with van der Waals surface area (Å²) >= 11 is 0. The van der Waals surface area contributed by atoms with Crippen LogP contribution >= 0.6 is 0 Å². The largest absolute Gasteiger partial charge is 0.478 e. The summed E-state index contributed by atoms with van der Waals surface area (Å²) in [5, 5.41) is 9.49. The number of rotatable bonds is 3. The van der Waals surface area contributed by atoms with Crippen molar-refractivity contribution in [2.24, 2.45) is 0 Å². The van der Waals surface area contributed by atoms with Crippen molar-refractivity contribution in [2.75, 3.05) is 0 Å². The van der Waals surface area contributed by atoms with Crippen LogP contribution in [0.15, 0.2) is 57.7 Å². The van der Waals surface area contributed by atoms with Gasteiger partial charge >= 0.3 is 5.97 Å². The van der Waals surface area contributed by atoms with Crippen molar-refractivity contribution < 1.29 is 14.3 Å². The molecule has 0 aliphatic heterocycles. The van der Waals surface area contributed by atoms with Gasteiger partial charge in [-0.15, -0.1) is 0 Å². The van der Waals surface area contributed by atoms with Crippen LogP contribution < -0.4 is 5.43 Å². The Morgan fingerprint density at radius 1 is 1.04 bits per heavy atom. The zero-order chi connectivity index (χ0) is 16.6. The molecule has 3 aromatic rings. The first kappa shape index (κ1) is 15.0. The fourth-order valence-corrected chi connectivity index (χ4v) is 2.45. The van der Waals surface area contributed by atoms with Gasteiger partial charge in [-0.3, -0.25) is 4.79 Å². The molecule has 0 saturated heterocycles. The van der Waals surface area contributed by atoms with Gasteiger partial charge in [-0.05, 0) is 35.7 Å². The van der Waals surface area contributed by atoms with Crippen LogP contribution in [-0.4, -0.2) is 11.1 Å². The summed E-state index contributed by atoms with van der Waals surface area (Å²) in [6.45, 7) is 4.14. The number of carboxylic acids is 1. The first-order chi connectivity index (χ1) is 11.0. The van der Waals surface area contributed by atoms with Gasteiger partial charge < -0.3 is 9.52 Å². The van der Waals surface area contributed by atoms with E-state index in [-0.39, 0.29) is 11.0 Å². The van der Waals surface area contributed by atoms with Crippen molar-refractivity contribution in [3.8, 4) is 11.3 Å². The van der Waals surface area contributed by atoms with Crippen LogP contribution in [0.25, 0.3) is 22.3 Å². The van der Waals surface area contributed by atoms with Gasteiger partial charge in [0.15, 0.2) is 5.43 Å². The molecular weight excluding hydrogens is 292 g/mol. The van der Waals surface area contributed by atoms with Crippen LogP contribution in [0.3, 0.4) is 0 Å². The average Bonchev–Trinajstić information content (AvgIpc) is 2.54. The molecule has 2 aromatic carbocycles. The summed E-state index contributed by atoms with van der Waals surface area (Å²) in [6.07, 6.45) is 0. The first-order valence-corrected chi connectivity index (χ1v) is 7.37. The highest BCUT2D eigenvalue weighted by Crippen LogP contribution is 2.25. The van der Waals surface area contributed by atoms with Gasteiger partial charge in [0.25, 0.3) is 0 Å². The maximum Gasteiger partial charge on any atom is 0.335 e. The maximum atomic E-state index is 12.4. The normalized spacial score (nSPS) is 11.1. The fraction of sp³-hybridized carbons (Fsp3) is 0.158. The van der Waals surface area contributed by atoms with Crippen molar-refractivity contribution in [1.29, 1.82) is 0 Å². The Kier molecular flexibility index (Phi) is 3.74. The summed E-state index contributed by atoms with van der Waals surface area (Å²) in [7, 11) is 0. The lowest BCUT2D eigenvalue weighted by Crippen LogP contribution is -2.02. The third kappa shape index (κ3) is 2.88. The molecule has 116 valence electrons. The zero-order valence-electron chi connectivity index (χ0n) is 12.9. The summed E-state index contributed by atoms with van der Waals surface area (Å²) in [6, 6.07) is 13.3. The Balaban J connectivity index is 2.11. The molecule has 0 fully saturated rings. The van der Waals surface area contributed by atoms with Crippen molar-refractivity contribution in [3.05, 3.63) is 69.9 Å². The lowest BCUT2D eigenvalue weighted by molar-refractivity contribution is 0.0697. The zero-order valence-corrected chi connectivity index (χ0v) is 12.9. The summed E-state index contributed by atoms with van der Waals surface area (Å²) in [5.41, 5.74) is 2.37. The molecule has 0 bridgehead atoms. The molecule has 4 nitrogen and oxygen atoms in total. The second kappa shape index (κ2) is 5.72. The molecule has 4 heteroatoms. The number of carbonyl (C=O) groups is 1. The molecule has 1 aromatic heterocycles. The van der Waals surface area contributed by atoms with E-state index in [0.29, 0.717) is 28.2 Å². The molecule has 0 aliphatic rings. The Hall–Kier alpha value is -2.88. The molecule has 0 aliphatic carbocycles. The third-order valence-electron chi connectivity index (χ3n) is 3.83. The smallest absolute Gasteiger partial charge is 0.335 e. The number of aromatic carboxylic acids is 1. The lowest BCUT2D eigenvalue weighted by atomic mass is 10.0. The Bertz CT molecular complexity index is 934. The summed E-state index contributed by atoms with van der Waals surface area (Å²) in [5.74, 6) is -0.225. The highest BCUT2D eigenvalue weighted by molar-refractivity contribution is 5.88. The van der Waals surface area contributed by atoms with Gasteiger partial charge in [-0.25, -0.2) is 4.79 Å². The predicted octanol–water partition coefficient (Wildman–Crippen LogP) is 4.28. The first-order valence-electron chi connectivity index (χ1n) is 7.37. The molecule has 3 rings (SSSR count). The molecule has 0 atom stereocenters. The van der Waals surface area contributed by atoms with Crippen LogP contribution in [0.2, 0.25) is 0 Å². The number of hydrogen-bond acceptors (Lipinski definition) is 3. The summed E-state index contributed by atoms with van der Waals surface area (Å²) < 4.78 is 5.82. The lowest BCUT2D eigenvalue weighted by Gasteiger charge is -2.07. The van der Waals surface area contributed by atoms with E-state index in [4.69, 9.17) is 9.52 Å². The van der Waals surface area contributed by atoms with E-state index in [9.17, 15) is 9.59 Å². The van der Waals surface area contributed by atoms with Crippen LogP contribution in [0, 0.1) is 0 Å². The topological polar surface area (TPSA) is 67.5 Å². The van der Waals surface area contributed by atoms with Gasteiger partial charge in [-0.2, -0.15) is 0 Å². The predicted molar refractivity (Wildman–Crippen MR) is 89.0 cm³/mol. The molecule has 0 radical (unpaired) electrons. The van der Waals surface area contributed by atoms with Gasteiger partial charge in [0, 0.05) is 11.6 Å². The van der Waals surface area contributed by atoms with Gasteiger partial charge in [0.05, 0.1) is 10.9 Å². The molecule has 1 heterocycles. The van der Waals surface area contributed by atoms with E-state index < -0.39 is 5.97 Å². The average molecular weight is 308 g/mol. The van der Waals surface area contributed by atoms with E-state index in [2.05, 4.69) is 13.8 Å². The van der Waals surface area contributed by atoms with E-state index in [1.165, 1.54) is 18.2 Å².